The molecule has 0 spiro atoms. The van der Waals surface area contributed by atoms with E-state index in [-0.39, 0.29) is 12.5 Å². The van der Waals surface area contributed by atoms with Crippen LogP contribution in [-0.4, -0.2) is 29.3 Å². The summed E-state index contributed by atoms with van der Waals surface area (Å²) in [5, 5.41) is 4.21. The van der Waals surface area contributed by atoms with Crippen LogP contribution in [0.5, 0.6) is 0 Å². The topological polar surface area (TPSA) is 103 Å². The number of hydrogen-bond donors (Lipinski definition) is 4. The van der Waals surface area contributed by atoms with E-state index in [1.165, 1.54) is 11.3 Å². The third-order valence-corrected chi connectivity index (χ3v) is 3.18. The molecular weight excluding hydrogens is 280 g/mol. The maximum absolute atomic E-state index is 11.6. The van der Waals surface area contributed by atoms with Gasteiger partial charge in [-0.05, 0) is 23.6 Å². The largest absolute Gasteiger partial charge is 0.357 e. The first-order valence-corrected chi connectivity index (χ1v) is 6.59. The Labute approximate surface area is 118 Å². The molecule has 0 saturated carbocycles. The first-order chi connectivity index (χ1) is 9.66. The van der Waals surface area contributed by atoms with Gasteiger partial charge >= 0.3 is 0 Å². The number of amides is 3. The van der Waals surface area contributed by atoms with E-state index >= 15 is 0 Å². The Balaban J connectivity index is 1.71. The molecule has 0 fully saturated rings. The Morgan fingerprint density at radius 1 is 1.10 bits per heavy atom. The maximum atomic E-state index is 11.6. The molecule has 0 atom stereocenters. The number of hydrazine groups is 1. The SMILES string of the molecule is O=C(CNC(=O)c1cccs1)NNC(=O)c1ccc[nH]1. The summed E-state index contributed by atoms with van der Waals surface area (Å²) in [6.45, 7) is -0.220. The normalized spacial score (nSPS) is 9.80. The van der Waals surface area contributed by atoms with Crippen molar-refractivity contribution in [3.63, 3.8) is 0 Å². The molecule has 0 aliphatic carbocycles. The molecule has 0 aromatic carbocycles. The summed E-state index contributed by atoms with van der Waals surface area (Å²) in [6.07, 6.45) is 1.60. The first kappa shape index (κ1) is 13.8. The number of carbonyl (C=O) groups excluding carboxylic acids is 3. The molecular formula is C12H12N4O3S. The second kappa shape index (κ2) is 6.53. The van der Waals surface area contributed by atoms with E-state index in [1.54, 1.807) is 35.8 Å². The van der Waals surface area contributed by atoms with Gasteiger partial charge in [-0.3, -0.25) is 25.2 Å². The van der Waals surface area contributed by atoms with Gasteiger partial charge in [0.2, 0.25) is 0 Å². The highest BCUT2D eigenvalue weighted by Crippen LogP contribution is 2.07. The van der Waals surface area contributed by atoms with Crippen LogP contribution >= 0.6 is 11.3 Å². The van der Waals surface area contributed by atoms with Gasteiger partial charge in [-0.15, -0.1) is 11.3 Å². The van der Waals surface area contributed by atoms with E-state index in [9.17, 15) is 14.4 Å². The smallest absolute Gasteiger partial charge is 0.286 e. The highest BCUT2D eigenvalue weighted by molar-refractivity contribution is 7.12. The van der Waals surface area contributed by atoms with Crippen LogP contribution in [0.15, 0.2) is 35.8 Å². The van der Waals surface area contributed by atoms with Crippen LogP contribution in [0.3, 0.4) is 0 Å². The molecule has 0 saturated heterocycles. The van der Waals surface area contributed by atoms with E-state index < -0.39 is 11.8 Å². The van der Waals surface area contributed by atoms with Crippen molar-refractivity contribution in [3.8, 4) is 0 Å². The van der Waals surface area contributed by atoms with E-state index in [0.717, 1.165) is 0 Å². The van der Waals surface area contributed by atoms with E-state index in [4.69, 9.17) is 0 Å². The Bertz CT molecular complexity index is 540. The summed E-state index contributed by atoms with van der Waals surface area (Å²) in [6, 6.07) is 6.64. The van der Waals surface area contributed by atoms with Crippen molar-refractivity contribution in [1.82, 2.24) is 21.2 Å². The van der Waals surface area contributed by atoms with Crippen LogP contribution in [0.1, 0.15) is 20.2 Å². The molecule has 0 unspecified atom stereocenters. The molecule has 0 radical (unpaired) electrons. The zero-order chi connectivity index (χ0) is 14.4. The second-order valence-corrected chi connectivity index (χ2v) is 4.69. The van der Waals surface area contributed by atoms with Gasteiger partial charge in [-0.2, -0.15) is 0 Å². The third-order valence-electron chi connectivity index (χ3n) is 2.31. The fourth-order valence-corrected chi connectivity index (χ4v) is 2.01. The van der Waals surface area contributed by atoms with Crippen molar-refractivity contribution >= 4 is 29.1 Å². The predicted molar refractivity (Wildman–Crippen MR) is 73.1 cm³/mol. The quantitative estimate of drug-likeness (QED) is 0.608. The Kier molecular flexibility index (Phi) is 4.51. The average molecular weight is 292 g/mol. The van der Waals surface area contributed by atoms with Crippen LogP contribution in [0.25, 0.3) is 0 Å². The number of carbonyl (C=O) groups is 3. The minimum absolute atomic E-state index is 0.220. The van der Waals surface area contributed by atoms with E-state index in [2.05, 4.69) is 21.2 Å². The Morgan fingerprint density at radius 2 is 1.95 bits per heavy atom. The lowest BCUT2D eigenvalue weighted by Gasteiger charge is -2.07. The van der Waals surface area contributed by atoms with Gasteiger partial charge in [0.05, 0.1) is 11.4 Å². The van der Waals surface area contributed by atoms with Crippen LogP contribution in [0.4, 0.5) is 0 Å². The number of rotatable bonds is 4. The molecule has 7 nitrogen and oxygen atoms in total. The summed E-state index contributed by atoms with van der Waals surface area (Å²) in [5.74, 6) is -1.31. The van der Waals surface area contributed by atoms with Crippen molar-refractivity contribution in [3.05, 3.63) is 46.4 Å². The van der Waals surface area contributed by atoms with Crippen LogP contribution in [0, 0.1) is 0 Å². The second-order valence-electron chi connectivity index (χ2n) is 3.75. The van der Waals surface area contributed by atoms with Crippen molar-refractivity contribution in [2.75, 3.05) is 6.54 Å². The Hall–Kier alpha value is -2.61. The number of aromatic nitrogens is 1. The van der Waals surface area contributed by atoms with Gasteiger partial charge in [-0.25, -0.2) is 0 Å². The van der Waals surface area contributed by atoms with Gasteiger partial charge in [-0.1, -0.05) is 6.07 Å². The van der Waals surface area contributed by atoms with Gasteiger partial charge < -0.3 is 10.3 Å². The number of hydrogen-bond acceptors (Lipinski definition) is 4. The van der Waals surface area contributed by atoms with Gasteiger partial charge in [0.25, 0.3) is 17.7 Å². The number of H-pyrrole nitrogens is 1. The highest BCUT2D eigenvalue weighted by atomic mass is 32.1. The molecule has 8 heteroatoms. The van der Waals surface area contributed by atoms with Gasteiger partial charge in [0.15, 0.2) is 0 Å². The molecule has 2 aromatic rings. The summed E-state index contributed by atoms with van der Waals surface area (Å²) in [4.78, 5) is 37.7. The highest BCUT2D eigenvalue weighted by Gasteiger charge is 2.10. The molecule has 104 valence electrons. The lowest BCUT2D eigenvalue weighted by Crippen LogP contribution is -2.46. The third kappa shape index (κ3) is 3.69. The van der Waals surface area contributed by atoms with E-state index in [1.807, 2.05) is 0 Å². The zero-order valence-corrected chi connectivity index (χ0v) is 11.1. The minimum Gasteiger partial charge on any atom is -0.357 e. The van der Waals surface area contributed by atoms with Crippen molar-refractivity contribution in [1.29, 1.82) is 0 Å². The fraction of sp³-hybridized carbons (Fsp3) is 0.0833. The molecule has 0 aliphatic rings. The summed E-state index contributed by atoms with van der Waals surface area (Å²) < 4.78 is 0. The molecule has 0 aliphatic heterocycles. The summed E-state index contributed by atoms with van der Waals surface area (Å²) in [7, 11) is 0. The van der Waals surface area contributed by atoms with Gasteiger partial charge in [0.1, 0.15) is 5.69 Å². The molecule has 0 bridgehead atoms. The van der Waals surface area contributed by atoms with Crippen LogP contribution in [-0.2, 0) is 4.79 Å². The van der Waals surface area contributed by atoms with Crippen molar-refractivity contribution in [2.24, 2.45) is 0 Å². The average Bonchev–Trinajstić information content (AvgIpc) is 3.14. The molecule has 2 rings (SSSR count). The first-order valence-electron chi connectivity index (χ1n) is 5.71. The van der Waals surface area contributed by atoms with Crippen molar-refractivity contribution in [2.45, 2.75) is 0 Å². The number of nitrogens with one attached hydrogen (secondary N) is 4. The van der Waals surface area contributed by atoms with Crippen LogP contribution < -0.4 is 16.2 Å². The molecule has 20 heavy (non-hydrogen) atoms. The minimum atomic E-state index is -0.519. The lowest BCUT2D eigenvalue weighted by molar-refractivity contribution is -0.120. The standard InChI is InChI=1S/C12H12N4O3S/c17-10(7-14-12(19)9-4-2-6-20-9)15-16-11(18)8-3-1-5-13-8/h1-6,13H,7H2,(H,14,19)(H,15,17)(H,16,18). The zero-order valence-electron chi connectivity index (χ0n) is 10.3. The number of aromatic amines is 1. The summed E-state index contributed by atoms with van der Waals surface area (Å²) in [5.41, 5.74) is 4.75. The Morgan fingerprint density at radius 3 is 2.60 bits per heavy atom. The predicted octanol–water partition coefficient (Wildman–Crippen LogP) is 0.267. The monoisotopic (exact) mass is 292 g/mol. The maximum Gasteiger partial charge on any atom is 0.286 e. The van der Waals surface area contributed by atoms with E-state index in [0.29, 0.717) is 10.6 Å². The number of thiophene rings is 1. The van der Waals surface area contributed by atoms with Crippen LogP contribution in [0.2, 0.25) is 0 Å². The molecule has 2 aromatic heterocycles. The molecule has 3 amide bonds. The van der Waals surface area contributed by atoms with Crippen molar-refractivity contribution < 1.29 is 14.4 Å². The lowest BCUT2D eigenvalue weighted by atomic mass is 10.4. The van der Waals surface area contributed by atoms with Gasteiger partial charge in [0, 0.05) is 6.20 Å². The summed E-state index contributed by atoms with van der Waals surface area (Å²) >= 11 is 1.28. The fourth-order valence-electron chi connectivity index (χ4n) is 1.37. The molecule has 4 N–H and O–H groups in total. The molecule has 2 heterocycles.